The number of hydrogen-bond donors (Lipinski definition) is 1. The summed E-state index contributed by atoms with van der Waals surface area (Å²) in [4.78, 5) is 4.89. The molecular formula is C23H21Cl2N3. The van der Waals surface area contributed by atoms with Crippen LogP contribution in [-0.4, -0.2) is 4.98 Å². The van der Waals surface area contributed by atoms with Gasteiger partial charge in [0.2, 0.25) is 0 Å². The Morgan fingerprint density at radius 2 is 2.00 bits per heavy atom. The van der Waals surface area contributed by atoms with Gasteiger partial charge in [0.05, 0.1) is 18.2 Å². The third-order valence-corrected chi connectivity index (χ3v) is 5.30. The molecule has 28 heavy (non-hydrogen) atoms. The number of nitrogens with one attached hydrogen (secondary N) is 1. The van der Waals surface area contributed by atoms with Gasteiger partial charge in [0.15, 0.2) is 0 Å². The molecule has 2 aromatic carbocycles. The van der Waals surface area contributed by atoms with Crippen molar-refractivity contribution in [3.8, 4) is 17.3 Å². The summed E-state index contributed by atoms with van der Waals surface area (Å²) < 4.78 is 0. The van der Waals surface area contributed by atoms with Gasteiger partial charge in [0.25, 0.3) is 0 Å². The van der Waals surface area contributed by atoms with E-state index in [1.165, 1.54) is 11.3 Å². The molecule has 0 unspecified atom stereocenters. The number of halogens is 2. The topological polar surface area (TPSA) is 48.7 Å². The van der Waals surface area contributed by atoms with Crippen LogP contribution in [0.25, 0.3) is 11.3 Å². The number of aromatic nitrogens is 1. The van der Waals surface area contributed by atoms with Gasteiger partial charge in [0, 0.05) is 27.7 Å². The molecule has 1 aliphatic carbocycles. The summed E-state index contributed by atoms with van der Waals surface area (Å²) in [5.41, 5.74) is 8.79. The Morgan fingerprint density at radius 1 is 1.14 bits per heavy atom. The minimum absolute atomic E-state index is 0. The van der Waals surface area contributed by atoms with Gasteiger partial charge in [-0.15, -0.1) is 12.4 Å². The van der Waals surface area contributed by atoms with E-state index < -0.39 is 0 Å². The fraction of sp³-hybridized carbons (Fsp3) is 0.217. The summed E-state index contributed by atoms with van der Waals surface area (Å²) in [5.74, 6) is 0. The van der Waals surface area contributed by atoms with Gasteiger partial charge >= 0.3 is 0 Å². The second kappa shape index (κ2) is 8.65. The van der Waals surface area contributed by atoms with Gasteiger partial charge in [-0.1, -0.05) is 29.8 Å². The third-order valence-electron chi connectivity index (χ3n) is 5.06. The maximum atomic E-state index is 8.93. The molecule has 142 valence electrons. The summed E-state index contributed by atoms with van der Waals surface area (Å²) in [7, 11) is 0. The Kier molecular flexibility index (Phi) is 6.24. The first kappa shape index (κ1) is 20.2. The number of nitriles is 1. The van der Waals surface area contributed by atoms with E-state index in [4.69, 9.17) is 21.8 Å². The van der Waals surface area contributed by atoms with Crippen molar-refractivity contribution in [2.45, 2.75) is 32.6 Å². The minimum Gasteiger partial charge on any atom is -0.355 e. The second-order valence-electron chi connectivity index (χ2n) is 6.95. The number of hydrogen-bond acceptors (Lipinski definition) is 3. The third kappa shape index (κ3) is 4.14. The molecule has 3 aromatic rings. The Bertz CT molecular complexity index is 1050. The lowest BCUT2D eigenvalue weighted by Crippen LogP contribution is -2.00. The quantitative estimate of drug-likeness (QED) is 0.539. The van der Waals surface area contributed by atoms with Crippen molar-refractivity contribution in [1.29, 1.82) is 5.26 Å². The number of aryl methyl sites for hydroxylation is 2. The molecule has 0 spiro atoms. The van der Waals surface area contributed by atoms with Crippen molar-refractivity contribution in [3.05, 3.63) is 75.9 Å². The van der Waals surface area contributed by atoms with Crippen LogP contribution in [0.3, 0.4) is 0 Å². The van der Waals surface area contributed by atoms with Crippen molar-refractivity contribution in [3.63, 3.8) is 0 Å². The molecule has 0 saturated heterocycles. The Morgan fingerprint density at radius 3 is 2.75 bits per heavy atom. The zero-order chi connectivity index (χ0) is 18.8. The van der Waals surface area contributed by atoms with Crippen molar-refractivity contribution in [2.75, 3.05) is 5.32 Å². The molecular weight excluding hydrogens is 389 g/mol. The summed E-state index contributed by atoms with van der Waals surface area (Å²) in [6.45, 7) is 2.05. The largest absolute Gasteiger partial charge is 0.355 e. The van der Waals surface area contributed by atoms with E-state index in [1.807, 2.05) is 43.3 Å². The number of fused-ring (bicyclic) bond motifs is 1. The highest BCUT2D eigenvalue weighted by Gasteiger charge is 2.19. The van der Waals surface area contributed by atoms with Crippen LogP contribution in [0.5, 0.6) is 0 Å². The van der Waals surface area contributed by atoms with E-state index >= 15 is 0 Å². The number of pyridine rings is 1. The molecule has 1 aliphatic rings. The molecule has 1 aromatic heterocycles. The first-order valence-corrected chi connectivity index (χ1v) is 9.54. The molecule has 0 bridgehead atoms. The molecule has 0 amide bonds. The van der Waals surface area contributed by atoms with E-state index in [2.05, 4.69) is 23.5 Å². The van der Waals surface area contributed by atoms with Crippen LogP contribution in [0.2, 0.25) is 5.02 Å². The van der Waals surface area contributed by atoms with Crippen LogP contribution < -0.4 is 5.32 Å². The Labute approximate surface area is 176 Å². The Balaban J connectivity index is 0.00000225. The van der Waals surface area contributed by atoms with Crippen LogP contribution in [-0.2, 0) is 19.3 Å². The van der Waals surface area contributed by atoms with E-state index in [1.54, 1.807) is 0 Å². The van der Waals surface area contributed by atoms with Crippen LogP contribution in [0, 0.1) is 18.3 Å². The maximum Gasteiger partial charge on any atom is 0.0726 e. The molecule has 3 nitrogen and oxygen atoms in total. The van der Waals surface area contributed by atoms with Crippen LogP contribution in [0.1, 0.15) is 28.8 Å². The fourth-order valence-electron chi connectivity index (χ4n) is 3.66. The summed E-state index contributed by atoms with van der Waals surface area (Å²) in [6, 6.07) is 18.3. The van der Waals surface area contributed by atoms with Gasteiger partial charge in [0.1, 0.15) is 0 Å². The first-order chi connectivity index (χ1) is 13.1. The average molecular weight is 410 g/mol. The zero-order valence-electron chi connectivity index (χ0n) is 15.6. The summed E-state index contributed by atoms with van der Waals surface area (Å²) >= 11 is 6.17. The number of rotatable bonds is 4. The summed E-state index contributed by atoms with van der Waals surface area (Å²) in [6.07, 6.45) is 3.64. The van der Waals surface area contributed by atoms with Crippen LogP contribution >= 0.6 is 24.0 Å². The van der Waals surface area contributed by atoms with E-state index in [0.717, 1.165) is 53.0 Å². The lowest BCUT2D eigenvalue weighted by molar-refractivity contribution is 0.900. The molecule has 5 heteroatoms. The molecule has 0 fully saturated rings. The number of nitrogens with zero attached hydrogens (tertiary/aromatic N) is 2. The van der Waals surface area contributed by atoms with E-state index in [-0.39, 0.29) is 12.4 Å². The van der Waals surface area contributed by atoms with Crippen LogP contribution in [0.4, 0.5) is 11.4 Å². The number of anilines is 2. The molecule has 0 radical (unpaired) electrons. The van der Waals surface area contributed by atoms with Gasteiger partial charge in [-0.25, -0.2) is 0 Å². The van der Waals surface area contributed by atoms with Crippen molar-refractivity contribution in [2.24, 2.45) is 0 Å². The maximum absolute atomic E-state index is 8.93. The zero-order valence-corrected chi connectivity index (χ0v) is 17.2. The lowest BCUT2D eigenvalue weighted by atomic mass is 10.0. The lowest BCUT2D eigenvalue weighted by Gasteiger charge is -2.15. The first-order valence-electron chi connectivity index (χ1n) is 9.16. The summed E-state index contributed by atoms with van der Waals surface area (Å²) in [5, 5.41) is 13.2. The highest BCUT2D eigenvalue weighted by Crippen LogP contribution is 2.34. The molecule has 4 rings (SSSR count). The normalized spacial score (nSPS) is 12.0. The fourth-order valence-corrected chi connectivity index (χ4v) is 3.85. The standard InChI is InChI=1S/C23H20ClN3.ClH/c1-15-12-19(9-8-16(15)10-11-25)26-23-14-22(17-4-2-5-18(24)13-17)27-21-7-3-6-20(21)23;/h2,4-5,8-9,12-14H,3,6-7,10H2,1H3,(H,26,27);1H. The van der Waals surface area contributed by atoms with Crippen molar-refractivity contribution >= 4 is 35.4 Å². The monoisotopic (exact) mass is 409 g/mol. The van der Waals surface area contributed by atoms with Crippen molar-refractivity contribution in [1.82, 2.24) is 4.98 Å². The Hall–Kier alpha value is -2.54. The highest BCUT2D eigenvalue weighted by molar-refractivity contribution is 6.30. The predicted molar refractivity (Wildman–Crippen MR) is 118 cm³/mol. The minimum atomic E-state index is 0. The predicted octanol–water partition coefficient (Wildman–Crippen LogP) is 6.43. The van der Waals surface area contributed by atoms with E-state index in [9.17, 15) is 0 Å². The highest BCUT2D eigenvalue weighted by atomic mass is 35.5. The van der Waals surface area contributed by atoms with Crippen molar-refractivity contribution < 1.29 is 0 Å². The smallest absolute Gasteiger partial charge is 0.0726 e. The van der Waals surface area contributed by atoms with E-state index in [0.29, 0.717) is 11.4 Å². The molecule has 0 saturated carbocycles. The van der Waals surface area contributed by atoms with Gasteiger partial charge in [-0.2, -0.15) is 5.26 Å². The average Bonchev–Trinajstić information content (AvgIpc) is 3.13. The van der Waals surface area contributed by atoms with Gasteiger partial charge < -0.3 is 5.32 Å². The molecule has 0 aliphatic heterocycles. The molecule has 1 N–H and O–H groups in total. The van der Waals surface area contributed by atoms with Gasteiger partial charge in [-0.3, -0.25) is 4.98 Å². The SMILES string of the molecule is Cc1cc(Nc2cc(-c3cccc(Cl)c3)nc3c2CCC3)ccc1CC#N.Cl. The van der Waals surface area contributed by atoms with Crippen LogP contribution in [0.15, 0.2) is 48.5 Å². The van der Waals surface area contributed by atoms with Gasteiger partial charge in [-0.05, 0) is 73.2 Å². The second-order valence-corrected chi connectivity index (χ2v) is 7.38. The number of benzene rings is 2. The molecule has 1 heterocycles. The molecule has 0 atom stereocenters.